The first kappa shape index (κ1) is 31.1. The van der Waals surface area contributed by atoms with E-state index in [1.54, 1.807) is 11.8 Å². The van der Waals surface area contributed by atoms with E-state index in [4.69, 9.17) is 16.3 Å². The van der Waals surface area contributed by atoms with E-state index in [-0.39, 0.29) is 5.91 Å². The van der Waals surface area contributed by atoms with E-state index in [0.717, 1.165) is 24.2 Å². The number of hydrogen-bond acceptors (Lipinski definition) is 2. The number of benzene rings is 1. The summed E-state index contributed by atoms with van der Waals surface area (Å²) in [5, 5.41) is 0.547. The Balaban J connectivity index is 1.61. The maximum absolute atomic E-state index is 12.3. The van der Waals surface area contributed by atoms with Gasteiger partial charge in [0.05, 0.1) is 18.2 Å². The molecular formula is C32H50ClN2O2+. The monoisotopic (exact) mass is 529 g/mol. The van der Waals surface area contributed by atoms with Crippen LogP contribution in [0.1, 0.15) is 116 Å². The van der Waals surface area contributed by atoms with Gasteiger partial charge < -0.3 is 9.64 Å². The van der Waals surface area contributed by atoms with Crippen LogP contribution in [0.5, 0.6) is 5.75 Å². The normalized spacial score (nSPS) is 11.0. The number of carbonyl (C=O) groups excluding carboxylic acids is 1. The standard InChI is InChI=1S/C32H50ClN2O2/c1-4-6-7-8-9-10-11-12-13-14-15-16-17-18-25-37-32-20-19-30(26-31(32)33)35(28(3)36)27-29-21-23-34(5-2)24-22-29/h19-24,26H,4-18,25,27H2,1-3H3/q+1. The predicted octanol–water partition coefficient (Wildman–Crippen LogP) is 9.06. The molecule has 1 amide bonds. The summed E-state index contributed by atoms with van der Waals surface area (Å²) in [6, 6.07) is 9.74. The Bertz CT molecular complexity index is 885. The molecule has 2 rings (SSSR count). The number of anilines is 1. The molecule has 0 atom stereocenters. The van der Waals surface area contributed by atoms with Gasteiger partial charge in [0.1, 0.15) is 12.3 Å². The maximum Gasteiger partial charge on any atom is 0.224 e. The number of carbonyl (C=O) groups is 1. The predicted molar refractivity (Wildman–Crippen MR) is 156 cm³/mol. The highest BCUT2D eigenvalue weighted by atomic mass is 35.5. The minimum Gasteiger partial charge on any atom is -0.492 e. The molecule has 0 aliphatic heterocycles. The molecule has 0 fully saturated rings. The van der Waals surface area contributed by atoms with Gasteiger partial charge in [-0.15, -0.1) is 0 Å². The van der Waals surface area contributed by atoms with Crippen LogP contribution in [-0.4, -0.2) is 12.5 Å². The van der Waals surface area contributed by atoms with Crippen molar-refractivity contribution in [2.24, 2.45) is 0 Å². The number of ether oxygens (including phenoxy) is 1. The Morgan fingerprint density at radius 2 is 1.35 bits per heavy atom. The van der Waals surface area contributed by atoms with Crippen molar-refractivity contribution in [1.29, 1.82) is 0 Å². The first-order chi connectivity index (χ1) is 18.0. The van der Waals surface area contributed by atoms with E-state index >= 15 is 0 Å². The van der Waals surface area contributed by atoms with E-state index in [9.17, 15) is 4.79 Å². The number of hydrogen-bond donors (Lipinski definition) is 0. The van der Waals surface area contributed by atoms with Crippen LogP contribution >= 0.6 is 11.6 Å². The van der Waals surface area contributed by atoms with E-state index < -0.39 is 0 Å². The third-order valence-electron chi connectivity index (χ3n) is 7.03. The molecule has 0 unspecified atom stereocenters. The van der Waals surface area contributed by atoms with Gasteiger partial charge in [-0.2, -0.15) is 0 Å². The van der Waals surface area contributed by atoms with Crippen LogP contribution in [0.2, 0.25) is 5.02 Å². The summed E-state index contributed by atoms with van der Waals surface area (Å²) in [7, 11) is 0. The quantitative estimate of drug-likeness (QED) is 0.126. The van der Waals surface area contributed by atoms with Crippen molar-refractivity contribution in [1.82, 2.24) is 0 Å². The summed E-state index contributed by atoms with van der Waals surface area (Å²) in [4.78, 5) is 14.1. The lowest BCUT2D eigenvalue weighted by atomic mass is 10.0. The Kier molecular flexibility index (Phi) is 16.1. The fourth-order valence-corrected chi connectivity index (χ4v) is 4.85. The second-order valence-corrected chi connectivity index (χ2v) is 10.6. The van der Waals surface area contributed by atoms with Crippen LogP contribution < -0.4 is 14.2 Å². The van der Waals surface area contributed by atoms with Crippen molar-refractivity contribution < 1.29 is 14.1 Å². The number of aromatic nitrogens is 1. The van der Waals surface area contributed by atoms with Crippen molar-refractivity contribution in [3.05, 3.63) is 53.3 Å². The Morgan fingerprint density at radius 1 is 0.811 bits per heavy atom. The van der Waals surface area contributed by atoms with Gasteiger partial charge in [-0.05, 0) is 37.1 Å². The number of amides is 1. The lowest BCUT2D eigenvalue weighted by Crippen LogP contribution is -2.32. The molecule has 2 aromatic rings. The van der Waals surface area contributed by atoms with E-state index in [2.05, 4.69) is 30.5 Å². The van der Waals surface area contributed by atoms with E-state index in [0.29, 0.717) is 23.9 Å². The van der Waals surface area contributed by atoms with Gasteiger partial charge in [0.25, 0.3) is 0 Å². The van der Waals surface area contributed by atoms with E-state index in [1.165, 1.54) is 83.5 Å². The Morgan fingerprint density at radius 3 is 1.84 bits per heavy atom. The highest BCUT2D eigenvalue weighted by molar-refractivity contribution is 6.32. The van der Waals surface area contributed by atoms with Gasteiger partial charge in [0.2, 0.25) is 5.91 Å². The summed E-state index contributed by atoms with van der Waals surface area (Å²) >= 11 is 6.52. The third kappa shape index (κ3) is 12.8. The van der Waals surface area contributed by atoms with Crippen molar-refractivity contribution in [2.45, 2.75) is 124 Å². The minimum atomic E-state index is -0.0145. The SMILES string of the molecule is CCCCCCCCCCCCCCCCOc1ccc(N(Cc2cc[n+](CC)cc2)C(C)=O)cc1Cl. The average Bonchev–Trinajstić information content (AvgIpc) is 2.90. The molecular weight excluding hydrogens is 480 g/mol. The van der Waals surface area contributed by atoms with Gasteiger partial charge in [-0.25, -0.2) is 4.57 Å². The molecule has 0 N–H and O–H groups in total. The van der Waals surface area contributed by atoms with Crippen molar-refractivity contribution >= 4 is 23.2 Å². The number of aryl methyl sites for hydroxylation is 1. The molecule has 1 aromatic carbocycles. The smallest absolute Gasteiger partial charge is 0.224 e. The molecule has 0 saturated carbocycles. The summed E-state index contributed by atoms with van der Waals surface area (Å²) in [5.41, 5.74) is 1.86. The summed E-state index contributed by atoms with van der Waals surface area (Å²) < 4.78 is 8.04. The van der Waals surface area contributed by atoms with Crippen LogP contribution in [0.15, 0.2) is 42.7 Å². The zero-order valence-electron chi connectivity index (χ0n) is 23.7. The highest BCUT2D eigenvalue weighted by Gasteiger charge is 2.15. The van der Waals surface area contributed by atoms with Crippen LogP contribution in [-0.2, 0) is 17.9 Å². The van der Waals surface area contributed by atoms with Gasteiger partial charge in [-0.1, -0.05) is 102 Å². The molecule has 4 nitrogen and oxygen atoms in total. The molecule has 1 heterocycles. The van der Waals surface area contributed by atoms with Gasteiger partial charge >= 0.3 is 0 Å². The van der Waals surface area contributed by atoms with Crippen molar-refractivity contribution in [2.75, 3.05) is 11.5 Å². The average molecular weight is 530 g/mol. The molecule has 0 bridgehead atoms. The second-order valence-electron chi connectivity index (χ2n) is 10.2. The third-order valence-corrected chi connectivity index (χ3v) is 7.32. The Hall–Kier alpha value is -2.07. The highest BCUT2D eigenvalue weighted by Crippen LogP contribution is 2.30. The van der Waals surface area contributed by atoms with E-state index in [1.807, 2.05) is 30.6 Å². The fourth-order valence-electron chi connectivity index (χ4n) is 4.62. The van der Waals surface area contributed by atoms with Crippen LogP contribution in [0.4, 0.5) is 5.69 Å². The molecule has 0 aliphatic carbocycles. The first-order valence-electron chi connectivity index (χ1n) is 14.7. The lowest BCUT2D eigenvalue weighted by Gasteiger charge is -2.22. The van der Waals surface area contributed by atoms with Crippen LogP contribution in [0.25, 0.3) is 0 Å². The molecule has 0 spiro atoms. The molecule has 37 heavy (non-hydrogen) atoms. The van der Waals surface area contributed by atoms with Gasteiger partial charge in [0.15, 0.2) is 12.4 Å². The molecule has 5 heteroatoms. The van der Waals surface area contributed by atoms with Gasteiger partial charge in [0, 0.05) is 24.7 Å². The van der Waals surface area contributed by atoms with Crippen LogP contribution in [0.3, 0.4) is 0 Å². The van der Waals surface area contributed by atoms with Crippen molar-refractivity contribution in [3.63, 3.8) is 0 Å². The summed E-state index contributed by atoms with van der Waals surface area (Å²) in [6.45, 7) is 8.08. The zero-order valence-corrected chi connectivity index (χ0v) is 24.4. The molecule has 206 valence electrons. The largest absolute Gasteiger partial charge is 0.492 e. The molecule has 0 radical (unpaired) electrons. The lowest BCUT2D eigenvalue weighted by molar-refractivity contribution is -0.693. The summed E-state index contributed by atoms with van der Waals surface area (Å²) in [5.74, 6) is 0.673. The van der Waals surface area contributed by atoms with Crippen LogP contribution in [0, 0.1) is 0 Å². The first-order valence-corrected chi connectivity index (χ1v) is 15.1. The zero-order chi connectivity index (χ0) is 26.7. The maximum atomic E-state index is 12.3. The number of pyridine rings is 1. The molecule has 1 aromatic heterocycles. The second kappa shape index (κ2) is 19.1. The number of unbranched alkanes of at least 4 members (excludes halogenated alkanes) is 13. The Labute approximate surface area is 231 Å². The number of halogens is 1. The number of rotatable bonds is 20. The van der Waals surface area contributed by atoms with Crippen molar-refractivity contribution in [3.8, 4) is 5.75 Å². The summed E-state index contributed by atoms with van der Waals surface area (Å²) in [6.07, 6.45) is 22.9. The molecule has 0 saturated heterocycles. The number of nitrogens with zero attached hydrogens (tertiary/aromatic N) is 2. The fraction of sp³-hybridized carbons (Fsp3) is 0.625. The minimum absolute atomic E-state index is 0.0145. The topological polar surface area (TPSA) is 33.4 Å². The van der Waals surface area contributed by atoms with Gasteiger partial charge in [-0.3, -0.25) is 4.79 Å². The molecule has 0 aliphatic rings.